The Balaban J connectivity index is 1.87. The summed E-state index contributed by atoms with van der Waals surface area (Å²) in [5, 5.41) is 0. The molecule has 0 amide bonds. The highest BCUT2D eigenvalue weighted by molar-refractivity contribution is 5.63. The summed E-state index contributed by atoms with van der Waals surface area (Å²) in [5.41, 5.74) is 2.05. The van der Waals surface area contributed by atoms with E-state index >= 15 is 0 Å². The average molecular weight is 286 g/mol. The van der Waals surface area contributed by atoms with E-state index < -0.39 is 11.8 Å². The van der Waals surface area contributed by atoms with Crippen molar-refractivity contribution in [3.05, 3.63) is 48.0 Å². The lowest BCUT2D eigenvalue weighted by atomic mass is 9.59. The number of benzene rings is 1. The monoisotopic (exact) mass is 286 g/mol. The molecular weight excluding hydrogens is 264 g/mol. The van der Waals surface area contributed by atoms with E-state index in [0.29, 0.717) is 5.92 Å². The van der Waals surface area contributed by atoms with Gasteiger partial charge in [-0.2, -0.15) is 0 Å². The highest BCUT2D eigenvalue weighted by Gasteiger charge is 2.54. The third-order valence-corrected chi connectivity index (χ3v) is 4.73. The number of carbonyl (C=O) groups is 1. The summed E-state index contributed by atoms with van der Waals surface area (Å²) < 4.78 is 10.9. The van der Waals surface area contributed by atoms with Crippen molar-refractivity contribution in [3.8, 4) is 0 Å². The quantitative estimate of drug-likeness (QED) is 0.598. The van der Waals surface area contributed by atoms with Crippen LogP contribution in [0.4, 0.5) is 4.79 Å². The fourth-order valence-corrected chi connectivity index (χ4v) is 3.82. The highest BCUT2D eigenvalue weighted by atomic mass is 16.7. The molecular formula is C18H22O3. The molecule has 0 aliphatic heterocycles. The van der Waals surface area contributed by atoms with Crippen LogP contribution in [0.25, 0.3) is 0 Å². The molecule has 3 rings (SSSR count). The summed E-state index contributed by atoms with van der Waals surface area (Å²) in [6.45, 7) is 3.75. The van der Waals surface area contributed by atoms with Crippen LogP contribution in [0.2, 0.25) is 0 Å². The van der Waals surface area contributed by atoms with Gasteiger partial charge in [0.15, 0.2) is 0 Å². The molecule has 0 saturated heterocycles. The lowest BCUT2D eigenvalue weighted by molar-refractivity contribution is -0.0813. The minimum absolute atomic E-state index is 0.196. The van der Waals surface area contributed by atoms with Gasteiger partial charge in [0.1, 0.15) is 12.2 Å². The smallest absolute Gasteiger partial charge is 0.430 e. The number of hydrogen-bond acceptors (Lipinski definition) is 3. The van der Waals surface area contributed by atoms with E-state index in [9.17, 15) is 4.79 Å². The Morgan fingerprint density at radius 3 is 2.95 bits per heavy atom. The maximum atomic E-state index is 12.0. The molecule has 112 valence electrons. The van der Waals surface area contributed by atoms with E-state index in [1.165, 1.54) is 30.4 Å². The zero-order chi connectivity index (χ0) is 14.7. The van der Waals surface area contributed by atoms with Crippen LogP contribution in [0.15, 0.2) is 36.9 Å². The van der Waals surface area contributed by atoms with E-state index in [1.54, 1.807) is 6.08 Å². The molecule has 0 unspecified atom stereocenters. The summed E-state index contributed by atoms with van der Waals surface area (Å²) in [7, 11) is 0. The van der Waals surface area contributed by atoms with Crippen LogP contribution in [0.1, 0.15) is 55.6 Å². The first-order valence-electron chi connectivity index (χ1n) is 7.84. The Morgan fingerprint density at radius 2 is 2.10 bits per heavy atom. The van der Waals surface area contributed by atoms with Gasteiger partial charge >= 0.3 is 6.16 Å². The van der Waals surface area contributed by atoms with Crippen molar-refractivity contribution in [2.45, 2.75) is 50.0 Å². The predicted molar refractivity (Wildman–Crippen MR) is 81.2 cm³/mol. The molecule has 0 N–H and O–H groups in total. The summed E-state index contributed by atoms with van der Waals surface area (Å²) in [6, 6.07) is 8.35. The largest absolute Gasteiger partial charge is 0.509 e. The van der Waals surface area contributed by atoms with Crippen LogP contribution >= 0.6 is 0 Å². The van der Waals surface area contributed by atoms with E-state index in [-0.39, 0.29) is 6.61 Å². The van der Waals surface area contributed by atoms with Gasteiger partial charge in [-0.05, 0) is 30.4 Å². The normalized spacial score (nSPS) is 27.1. The molecule has 2 aliphatic carbocycles. The Morgan fingerprint density at radius 1 is 1.29 bits per heavy atom. The molecule has 3 nitrogen and oxygen atoms in total. The zero-order valence-corrected chi connectivity index (χ0v) is 12.3. The van der Waals surface area contributed by atoms with Gasteiger partial charge < -0.3 is 9.47 Å². The minimum atomic E-state index is -0.574. The molecule has 21 heavy (non-hydrogen) atoms. The second kappa shape index (κ2) is 5.92. The lowest BCUT2D eigenvalue weighted by Gasteiger charge is -2.51. The molecule has 0 aromatic heterocycles. The number of rotatable bonds is 3. The van der Waals surface area contributed by atoms with Gasteiger partial charge in [0.25, 0.3) is 0 Å². The molecule has 2 atom stereocenters. The Kier molecular flexibility index (Phi) is 4.00. The maximum Gasteiger partial charge on any atom is 0.509 e. The van der Waals surface area contributed by atoms with Crippen LogP contribution in [-0.2, 0) is 15.1 Å². The van der Waals surface area contributed by atoms with Crippen LogP contribution in [-0.4, -0.2) is 12.8 Å². The van der Waals surface area contributed by atoms with E-state index in [1.807, 2.05) is 6.07 Å². The van der Waals surface area contributed by atoms with Gasteiger partial charge in [-0.1, -0.05) is 56.2 Å². The zero-order valence-electron chi connectivity index (χ0n) is 12.3. The molecule has 0 spiro atoms. The van der Waals surface area contributed by atoms with Crippen LogP contribution in [0.5, 0.6) is 0 Å². The molecule has 0 heterocycles. The standard InChI is InChI=1S/C18H22O3/c1-2-13-20-17(19)21-18-12-8-4-3-5-10-15(18)14-9-6-7-11-16(14)18/h2,6-7,9,11,15H,1,3-5,8,10,12-13H2/t15-,18+/m1/s1. The average Bonchev–Trinajstić information content (AvgIpc) is 2.48. The highest BCUT2D eigenvalue weighted by Crippen LogP contribution is 2.58. The fraction of sp³-hybridized carbons (Fsp3) is 0.500. The van der Waals surface area contributed by atoms with Crippen molar-refractivity contribution in [2.75, 3.05) is 6.61 Å². The molecule has 1 aromatic rings. The van der Waals surface area contributed by atoms with Crippen LogP contribution in [0, 0.1) is 0 Å². The third kappa shape index (κ3) is 2.45. The predicted octanol–water partition coefficient (Wildman–Crippen LogP) is 4.67. The molecule has 1 saturated carbocycles. The maximum absolute atomic E-state index is 12.0. The topological polar surface area (TPSA) is 35.5 Å². The first-order chi connectivity index (χ1) is 10.3. The van der Waals surface area contributed by atoms with Gasteiger partial charge in [0, 0.05) is 5.92 Å². The van der Waals surface area contributed by atoms with E-state index in [4.69, 9.17) is 9.47 Å². The first kappa shape index (κ1) is 14.2. The van der Waals surface area contributed by atoms with Crippen LogP contribution < -0.4 is 0 Å². The second-order valence-electron chi connectivity index (χ2n) is 5.93. The van der Waals surface area contributed by atoms with Crippen LogP contribution in [0.3, 0.4) is 0 Å². The van der Waals surface area contributed by atoms with Crippen molar-refractivity contribution in [1.29, 1.82) is 0 Å². The van der Waals surface area contributed by atoms with Gasteiger partial charge in [-0.25, -0.2) is 4.79 Å². The molecule has 1 aromatic carbocycles. The SMILES string of the molecule is C=CCOC(=O)O[C@@]12CCCCCC[C@@H]1c1ccccc12. The summed E-state index contributed by atoms with van der Waals surface area (Å²) >= 11 is 0. The molecule has 1 fully saturated rings. The van der Waals surface area contributed by atoms with Crippen molar-refractivity contribution >= 4 is 6.16 Å². The molecule has 2 aliphatic rings. The van der Waals surface area contributed by atoms with Gasteiger partial charge in [0.2, 0.25) is 0 Å². The van der Waals surface area contributed by atoms with Crippen molar-refractivity contribution in [2.24, 2.45) is 0 Å². The summed E-state index contributed by atoms with van der Waals surface area (Å²) in [5.74, 6) is 0.324. The van der Waals surface area contributed by atoms with Crippen molar-refractivity contribution in [1.82, 2.24) is 0 Å². The summed E-state index contributed by atoms with van der Waals surface area (Å²) in [4.78, 5) is 12.0. The third-order valence-electron chi connectivity index (χ3n) is 4.73. The number of fused-ring (bicyclic) bond motifs is 4. The second-order valence-corrected chi connectivity index (χ2v) is 5.93. The molecule has 3 heteroatoms. The fourth-order valence-electron chi connectivity index (χ4n) is 3.82. The number of ether oxygens (including phenoxy) is 2. The Labute approximate surface area is 125 Å². The van der Waals surface area contributed by atoms with Crippen molar-refractivity contribution in [3.63, 3.8) is 0 Å². The Bertz CT molecular complexity index is 537. The minimum Gasteiger partial charge on any atom is -0.430 e. The molecule has 0 radical (unpaired) electrons. The number of hydrogen-bond donors (Lipinski definition) is 0. The first-order valence-corrected chi connectivity index (χ1v) is 7.84. The van der Waals surface area contributed by atoms with Crippen molar-refractivity contribution < 1.29 is 14.3 Å². The molecule has 0 bridgehead atoms. The van der Waals surface area contributed by atoms with Gasteiger partial charge in [0.05, 0.1) is 0 Å². The summed E-state index contributed by atoms with van der Waals surface area (Å²) in [6.07, 6.45) is 7.75. The van der Waals surface area contributed by atoms with Gasteiger partial charge in [-0.15, -0.1) is 0 Å². The number of carbonyl (C=O) groups excluding carboxylic acids is 1. The van der Waals surface area contributed by atoms with E-state index in [0.717, 1.165) is 19.3 Å². The van der Waals surface area contributed by atoms with E-state index in [2.05, 4.69) is 24.8 Å². The van der Waals surface area contributed by atoms with Gasteiger partial charge in [-0.3, -0.25) is 0 Å². The Hall–Kier alpha value is -1.77. The lowest BCUT2D eigenvalue weighted by Crippen LogP contribution is -2.48.